The number of hydrogen-bond donors (Lipinski definition) is 1. The molecular formula is C16H20O4. The van der Waals surface area contributed by atoms with Crippen LogP contribution in [0.3, 0.4) is 0 Å². The molecule has 0 aliphatic rings. The lowest BCUT2D eigenvalue weighted by Gasteiger charge is -2.08. The summed E-state index contributed by atoms with van der Waals surface area (Å²) >= 11 is 0. The summed E-state index contributed by atoms with van der Waals surface area (Å²) in [5, 5.41) is 9.00. The number of benzene rings is 1. The number of aliphatic hydroxyl groups excluding tert-OH is 1. The molecule has 0 saturated carbocycles. The van der Waals surface area contributed by atoms with Gasteiger partial charge in [-0.3, -0.25) is 0 Å². The topological polar surface area (TPSA) is 55.8 Å². The molecule has 0 fully saturated rings. The molecule has 0 aliphatic carbocycles. The highest BCUT2D eigenvalue weighted by molar-refractivity contribution is 5.87. The number of rotatable bonds is 6. The fourth-order valence-corrected chi connectivity index (χ4v) is 1.64. The van der Waals surface area contributed by atoms with Crippen LogP contribution >= 0.6 is 0 Å². The number of esters is 1. The van der Waals surface area contributed by atoms with Gasteiger partial charge in [-0.1, -0.05) is 17.7 Å². The maximum absolute atomic E-state index is 11.1. The number of methoxy groups -OCH3 is 2. The van der Waals surface area contributed by atoms with Gasteiger partial charge >= 0.3 is 5.97 Å². The van der Waals surface area contributed by atoms with Gasteiger partial charge in [0.2, 0.25) is 0 Å². The Hall–Kier alpha value is -2.07. The summed E-state index contributed by atoms with van der Waals surface area (Å²) in [6.07, 6.45) is 5.68. The van der Waals surface area contributed by atoms with E-state index in [4.69, 9.17) is 9.84 Å². The first-order valence-corrected chi connectivity index (χ1v) is 6.30. The summed E-state index contributed by atoms with van der Waals surface area (Å²) in [5.41, 5.74) is 2.79. The average molecular weight is 276 g/mol. The minimum absolute atomic E-state index is 0.0459. The van der Waals surface area contributed by atoms with Crippen molar-refractivity contribution in [2.24, 2.45) is 0 Å². The van der Waals surface area contributed by atoms with Gasteiger partial charge in [0.25, 0.3) is 0 Å². The Labute approximate surface area is 119 Å². The first-order valence-electron chi connectivity index (χ1n) is 6.30. The van der Waals surface area contributed by atoms with E-state index >= 15 is 0 Å². The Kier molecular flexibility index (Phi) is 6.53. The van der Waals surface area contributed by atoms with Crippen molar-refractivity contribution in [3.8, 4) is 5.75 Å². The highest BCUT2D eigenvalue weighted by Gasteiger charge is 2.03. The van der Waals surface area contributed by atoms with E-state index in [0.717, 1.165) is 22.4 Å². The van der Waals surface area contributed by atoms with Crippen molar-refractivity contribution in [3.05, 3.63) is 47.1 Å². The van der Waals surface area contributed by atoms with E-state index in [1.807, 2.05) is 31.2 Å². The average Bonchev–Trinajstić information content (AvgIpc) is 2.49. The van der Waals surface area contributed by atoms with Gasteiger partial charge in [0.1, 0.15) is 5.75 Å². The second-order valence-electron chi connectivity index (χ2n) is 4.34. The predicted octanol–water partition coefficient (Wildman–Crippen LogP) is 2.36. The first-order chi connectivity index (χ1) is 9.60. The fourth-order valence-electron chi connectivity index (χ4n) is 1.64. The maximum atomic E-state index is 11.1. The number of aliphatic hydroxyl groups is 1. The second kappa shape index (κ2) is 8.17. The van der Waals surface area contributed by atoms with Crippen molar-refractivity contribution in [2.45, 2.75) is 13.3 Å². The normalized spacial score (nSPS) is 11.7. The van der Waals surface area contributed by atoms with Crippen LogP contribution in [0.25, 0.3) is 6.08 Å². The highest BCUT2D eigenvalue weighted by Crippen LogP contribution is 2.22. The molecule has 1 N–H and O–H groups in total. The van der Waals surface area contributed by atoms with Crippen LogP contribution in [-0.2, 0) is 16.0 Å². The molecule has 1 aromatic carbocycles. The van der Waals surface area contributed by atoms with Crippen LogP contribution in [0.4, 0.5) is 0 Å². The lowest BCUT2D eigenvalue weighted by atomic mass is 10.0. The zero-order valence-corrected chi connectivity index (χ0v) is 12.1. The van der Waals surface area contributed by atoms with Gasteiger partial charge in [-0.15, -0.1) is 0 Å². The third-order valence-corrected chi connectivity index (χ3v) is 2.84. The molecule has 0 unspecified atom stereocenters. The summed E-state index contributed by atoms with van der Waals surface area (Å²) in [7, 11) is 2.96. The van der Waals surface area contributed by atoms with Crippen LogP contribution in [0.2, 0.25) is 0 Å². The van der Waals surface area contributed by atoms with E-state index in [2.05, 4.69) is 4.74 Å². The molecule has 0 amide bonds. The van der Waals surface area contributed by atoms with Crippen molar-refractivity contribution in [3.63, 3.8) is 0 Å². The molecule has 0 radical (unpaired) electrons. The molecule has 108 valence electrons. The molecule has 0 aliphatic heterocycles. The molecule has 20 heavy (non-hydrogen) atoms. The van der Waals surface area contributed by atoms with E-state index in [-0.39, 0.29) is 6.61 Å². The third-order valence-electron chi connectivity index (χ3n) is 2.84. The van der Waals surface area contributed by atoms with E-state index < -0.39 is 5.97 Å². The number of carbonyl (C=O) groups is 1. The number of allylic oxidation sites excluding steroid dienone is 1. The summed E-state index contributed by atoms with van der Waals surface area (Å²) < 4.78 is 9.86. The van der Waals surface area contributed by atoms with Gasteiger partial charge in [0.15, 0.2) is 0 Å². The third kappa shape index (κ3) is 4.90. The monoisotopic (exact) mass is 276 g/mol. The summed E-state index contributed by atoms with van der Waals surface area (Å²) in [5.74, 6) is 0.389. The van der Waals surface area contributed by atoms with Crippen LogP contribution in [0, 0.1) is 0 Å². The molecule has 0 saturated heterocycles. The molecule has 1 rings (SSSR count). The van der Waals surface area contributed by atoms with Gasteiger partial charge in [-0.05, 0) is 42.7 Å². The highest BCUT2D eigenvalue weighted by atomic mass is 16.5. The largest absolute Gasteiger partial charge is 0.496 e. The van der Waals surface area contributed by atoms with Crippen LogP contribution in [0.15, 0.2) is 35.9 Å². The minimum Gasteiger partial charge on any atom is -0.496 e. The fraction of sp³-hybridized carbons (Fsp3) is 0.312. The second-order valence-corrected chi connectivity index (χ2v) is 4.34. The molecular weight excluding hydrogens is 256 g/mol. The standard InChI is InChI=1S/C16H20O4/c1-12(11-17)4-7-14-10-13(5-8-15(14)19-2)6-9-16(18)20-3/h4-6,8-10,17H,7,11H2,1-3H3. The van der Waals surface area contributed by atoms with Gasteiger partial charge in [0.05, 0.1) is 20.8 Å². The molecule has 0 heterocycles. The van der Waals surface area contributed by atoms with Crippen molar-refractivity contribution in [1.29, 1.82) is 0 Å². The first kappa shape index (κ1) is 16.0. The SMILES string of the molecule is COC(=O)C=Cc1ccc(OC)c(CC=C(C)CO)c1. The maximum Gasteiger partial charge on any atom is 0.330 e. The van der Waals surface area contributed by atoms with Gasteiger partial charge < -0.3 is 14.6 Å². The van der Waals surface area contributed by atoms with Gasteiger partial charge in [-0.2, -0.15) is 0 Å². The van der Waals surface area contributed by atoms with Crippen molar-refractivity contribution >= 4 is 12.0 Å². The summed E-state index contributed by atoms with van der Waals surface area (Å²) in [6, 6.07) is 5.66. The molecule has 4 heteroatoms. The molecule has 4 nitrogen and oxygen atoms in total. The summed E-state index contributed by atoms with van der Waals surface area (Å²) in [4.78, 5) is 11.1. The minimum atomic E-state index is -0.390. The molecule has 1 aromatic rings. The van der Waals surface area contributed by atoms with Crippen LogP contribution in [-0.4, -0.2) is 31.9 Å². The van der Waals surface area contributed by atoms with Gasteiger partial charge in [-0.25, -0.2) is 4.79 Å². The quantitative estimate of drug-likeness (QED) is 0.492. The van der Waals surface area contributed by atoms with E-state index in [0.29, 0.717) is 6.42 Å². The van der Waals surface area contributed by atoms with Crippen molar-refractivity contribution < 1.29 is 19.4 Å². The molecule has 0 atom stereocenters. The van der Waals surface area contributed by atoms with Crippen LogP contribution in [0.1, 0.15) is 18.1 Å². The van der Waals surface area contributed by atoms with E-state index in [1.54, 1.807) is 13.2 Å². The van der Waals surface area contributed by atoms with Crippen molar-refractivity contribution in [1.82, 2.24) is 0 Å². The zero-order chi connectivity index (χ0) is 15.0. The van der Waals surface area contributed by atoms with Gasteiger partial charge in [0, 0.05) is 6.08 Å². The van der Waals surface area contributed by atoms with Crippen LogP contribution < -0.4 is 4.74 Å². The Bertz CT molecular complexity index is 515. The van der Waals surface area contributed by atoms with E-state index in [9.17, 15) is 4.79 Å². The smallest absolute Gasteiger partial charge is 0.330 e. The number of hydrogen-bond acceptors (Lipinski definition) is 4. The molecule has 0 spiro atoms. The lowest BCUT2D eigenvalue weighted by Crippen LogP contribution is -1.95. The predicted molar refractivity (Wildman–Crippen MR) is 78.6 cm³/mol. The lowest BCUT2D eigenvalue weighted by molar-refractivity contribution is -0.134. The molecule has 0 aromatic heterocycles. The number of ether oxygens (including phenoxy) is 2. The summed E-state index contributed by atoms with van der Waals surface area (Å²) in [6.45, 7) is 1.91. The zero-order valence-electron chi connectivity index (χ0n) is 12.1. The van der Waals surface area contributed by atoms with E-state index in [1.165, 1.54) is 13.2 Å². The Balaban J connectivity index is 2.96. The Morgan fingerprint density at radius 1 is 1.35 bits per heavy atom. The number of carbonyl (C=O) groups excluding carboxylic acids is 1. The Morgan fingerprint density at radius 2 is 2.10 bits per heavy atom. The van der Waals surface area contributed by atoms with Crippen molar-refractivity contribution in [2.75, 3.05) is 20.8 Å². The molecule has 0 bridgehead atoms. The Morgan fingerprint density at radius 3 is 2.70 bits per heavy atom. The van der Waals surface area contributed by atoms with Crippen LogP contribution in [0.5, 0.6) is 5.75 Å².